The van der Waals surface area contributed by atoms with Crippen LogP contribution in [0, 0.1) is 5.82 Å². The van der Waals surface area contributed by atoms with Crippen LogP contribution in [-0.2, 0) is 4.79 Å². The molecule has 12 heteroatoms. The number of piperidine rings is 1. The molecule has 210 valence electrons. The second kappa shape index (κ2) is 13.4. The molecule has 1 aromatic carbocycles. The average molecular weight is 580 g/mol. The molecule has 1 aliphatic rings. The van der Waals surface area contributed by atoms with Crippen LogP contribution in [-0.4, -0.2) is 50.4 Å². The number of hydroxylamine groups is 1. The predicted octanol–water partition coefficient (Wildman–Crippen LogP) is 5.82. The van der Waals surface area contributed by atoms with E-state index >= 15 is 0 Å². The number of aromatic nitrogens is 3. The minimum absolute atomic E-state index is 0.0860. The SMILES string of the molecule is CC(Oc1cc(-c2cnn(C3CCN(CCCCCC(=O)NO)CC3)c2)cnc1N)c1c(Cl)ccc(F)c1Cl. The second-order valence-electron chi connectivity index (χ2n) is 9.75. The Balaban J connectivity index is 1.34. The number of hydrogen-bond donors (Lipinski definition) is 3. The van der Waals surface area contributed by atoms with E-state index in [9.17, 15) is 9.18 Å². The number of hydrogen-bond acceptors (Lipinski definition) is 7. The third-order valence-corrected chi connectivity index (χ3v) is 7.75. The number of nitrogens with one attached hydrogen (secondary N) is 1. The minimum atomic E-state index is -0.659. The number of carbonyl (C=O) groups is 1. The number of pyridine rings is 1. The van der Waals surface area contributed by atoms with Crippen LogP contribution in [0.3, 0.4) is 0 Å². The summed E-state index contributed by atoms with van der Waals surface area (Å²) in [4.78, 5) is 17.8. The molecule has 4 rings (SSSR count). The zero-order valence-electron chi connectivity index (χ0n) is 21.7. The topological polar surface area (TPSA) is 119 Å². The zero-order valence-corrected chi connectivity index (χ0v) is 23.3. The fourth-order valence-electron chi connectivity index (χ4n) is 4.82. The quantitative estimate of drug-likeness (QED) is 0.113. The summed E-state index contributed by atoms with van der Waals surface area (Å²) in [6.45, 7) is 4.70. The normalized spacial score (nSPS) is 15.3. The molecule has 0 aliphatic carbocycles. The van der Waals surface area contributed by atoms with Gasteiger partial charge in [-0.2, -0.15) is 5.10 Å². The van der Waals surface area contributed by atoms with Crippen LogP contribution in [0.25, 0.3) is 11.1 Å². The molecule has 1 amide bonds. The minimum Gasteiger partial charge on any atom is -0.482 e. The van der Waals surface area contributed by atoms with Gasteiger partial charge >= 0.3 is 0 Å². The fraction of sp³-hybridized carbons (Fsp3) is 0.444. The maximum absolute atomic E-state index is 14.0. The first-order valence-corrected chi connectivity index (χ1v) is 13.8. The summed E-state index contributed by atoms with van der Waals surface area (Å²) in [7, 11) is 0. The first-order valence-electron chi connectivity index (χ1n) is 13.0. The van der Waals surface area contributed by atoms with E-state index in [1.54, 1.807) is 30.9 Å². The summed E-state index contributed by atoms with van der Waals surface area (Å²) >= 11 is 12.4. The lowest BCUT2D eigenvalue weighted by atomic mass is 10.0. The molecular weight excluding hydrogens is 546 g/mol. The Morgan fingerprint density at radius 3 is 2.74 bits per heavy atom. The lowest BCUT2D eigenvalue weighted by Gasteiger charge is -2.32. The maximum Gasteiger partial charge on any atom is 0.243 e. The van der Waals surface area contributed by atoms with Gasteiger partial charge < -0.3 is 15.4 Å². The summed E-state index contributed by atoms with van der Waals surface area (Å²) in [6.07, 6.45) is 9.92. The van der Waals surface area contributed by atoms with Crippen molar-refractivity contribution in [2.45, 2.75) is 57.6 Å². The van der Waals surface area contributed by atoms with Crippen LogP contribution in [0.4, 0.5) is 10.2 Å². The molecule has 3 heterocycles. The molecule has 39 heavy (non-hydrogen) atoms. The van der Waals surface area contributed by atoms with Gasteiger partial charge in [-0.1, -0.05) is 29.6 Å². The fourth-order valence-corrected chi connectivity index (χ4v) is 5.50. The number of rotatable bonds is 11. The van der Waals surface area contributed by atoms with Crippen LogP contribution in [0.1, 0.15) is 63.2 Å². The molecule has 0 saturated carbocycles. The lowest BCUT2D eigenvalue weighted by molar-refractivity contribution is -0.129. The number of halogens is 3. The van der Waals surface area contributed by atoms with Gasteiger partial charge in [-0.3, -0.25) is 14.7 Å². The predicted molar refractivity (Wildman–Crippen MR) is 148 cm³/mol. The Kier molecular flexibility index (Phi) is 10.0. The number of unbranched alkanes of at least 4 members (excludes halogenated alkanes) is 2. The van der Waals surface area contributed by atoms with E-state index in [0.717, 1.165) is 62.9 Å². The number of anilines is 1. The number of nitrogen functional groups attached to an aromatic ring is 1. The van der Waals surface area contributed by atoms with Gasteiger partial charge in [0.2, 0.25) is 5.91 Å². The van der Waals surface area contributed by atoms with Crippen molar-refractivity contribution < 1.29 is 19.1 Å². The van der Waals surface area contributed by atoms with E-state index in [-0.39, 0.29) is 16.7 Å². The Morgan fingerprint density at radius 2 is 2.00 bits per heavy atom. The zero-order chi connectivity index (χ0) is 27.9. The van der Waals surface area contributed by atoms with Crippen molar-refractivity contribution in [1.29, 1.82) is 0 Å². The smallest absolute Gasteiger partial charge is 0.243 e. The van der Waals surface area contributed by atoms with Gasteiger partial charge in [-0.05, 0) is 57.4 Å². The highest BCUT2D eigenvalue weighted by molar-refractivity contribution is 6.36. The number of likely N-dealkylation sites (tertiary alicyclic amines) is 1. The third kappa shape index (κ3) is 7.39. The molecular formula is C27H33Cl2FN6O3. The highest BCUT2D eigenvalue weighted by Gasteiger charge is 2.22. The number of benzene rings is 1. The summed E-state index contributed by atoms with van der Waals surface area (Å²) in [5.74, 6) is -0.365. The summed E-state index contributed by atoms with van der Waals surface area (Å²) in [6, 6.07) is 4.74. The van der Waals surface area contributed by atoms with Crippen LogP contribution in [0.15, 0.2) is 36.8 Å². The van der Waals surface area contributed by atoms with E-state index in [0.29, 0.717) is 28.8 Å². The number of ether oxygens (including phenoxy) is 1. The van der Waals surface area contributed by atoms with Crippen molar-refractivity contribution in [2.24, 2.45) is 0 Å². The Labute approximate surface area is 237 Å². The summed E-state index contributed by atoms with van der Waals surface area (Å²) in [5.41, 5.74) is 9.77. The summed E-state index contributed by atoms with van der Waals surface area (Å²) < 4.78 is 22.0. The van der Waals surface area contributed by atoms with Crippen molar-refractivity contribution >= 4 is 34.9 Å². The van der Waals surface area contributed by atoms with Crippen LogP contribution < -0.4 is 16.0 Å². The molecule has 1 atom stereocenters. The van der Waals surface area contributed by atoms with Gasteiger partial charge in [-0.25, -0.2) is 14.9 Å². The number of amides is 1. The van der Waals surface area contributed by atoms with Gasteiger partial charge in [0.05, 0.1) is 17.3 Å². The average Bonchev–Trinajstić information content (AvgIpc) is 3.42. The van der Waals surface area contributed by atoms with Gasteiger partial charge in [0.1, 0.15) is 11.9 Å². The standard InChI is InChI=1S/C27H33Cl2FN6O3/c1-17(25-21(28)6-7-22(30)26(25)29)39-23-13-18(14-32-27(23)31)19-15-33-36(16-19)20-8-11-35(12-9-20)10-4-2-3-5-24(37)34-38/h6-7,13-17,20,38H,2-5,8-12H2,1H3,(H2,31,32)(H,34,37). The van der Waals surface area contributed by atoms with Gasteiger partial charge in [-0.15, -0.1) is 0 Å². The Bertz CT molecular complexity index is 1280. The highest BCUT2D eigenvalue weighted by atomic mass is 35.5. The molecule has 4 N–H and O–H groups in total. The van der Waals surface area contributed by atoms with Gasteiger partial charge in [0, 0.05) is 53.6 Å². The Hall–Kier alpha value is -2.92. The van der Waals surface area contributed by atoms with E-state index in [2.05, 4.69) is 15.0 Å². The molecule has 1 unspecified atom stereocenters. The van der Waals surface area contributed by atoms with Gasteiger partial charge in [0.25, 0.3) is 0 Å². The van der Waals surface area contributed by atoms with Crippen molar-refractivity contribution in [1.82, 2.24) is 25.1 Å². The first-order chi connectivity index (χ1) is 18.8. The van der Waals surface area contributed by atoms with E-state index < -0.39 is 11.9 Å². The molecule has 0 radical (unpaired) electrons. The maximum atomic E-state index is 14.0. The number of nitrogens with two attached hydrogens (primary N) is 1. The van der Waals surface area contributed by atoms with Crippen molar-refractivity contribution in [3.05, 3.63) is 58.2 Å². The third-order valence-electron chi connectivity index (χ3n) is 7.04. The Morgan fingerprint density at radius 1 is 1.23 bits per heavy atom. The van der Waals surface area contributed by atoms with Crippen molar-refractivity contribution in [3.63, 3.8) is 0 Å². The molecule has 1 saturated heterocycles. The van der Waals surface area contributed by atoms with Crippen LogP contribution in [0.5, 0.6) is 5.75 Å². The summed E-state index contributed by atoms with van der Waals surface area (Å²) in [5, 5.41) is 13.4. The second-order valence-corrected chi connectivity index (χ2v) is 10.5. The largest absolute Gasteiger partial charge is 0.482 e. The number of carbonyl (C=O) groups excluding carboxylic acids is 1. The highest BCUT2D eigenvalue weighted by Crippen LogP contribution is 2.37. The molecule has 1 aliphatic heterocycles. The van der Waals surface area contributed by atoms with E-state index in [1.165, 1.54) is 12.1 Å². The molecule has 9 nitrogen and oxygen atoms in total. The van der Waals surface area contributed by atoms with Crippen molar-refractivity contribution in [3.8, 4) is 16.9 Å². The molecule has 3 aromatic rings. The van der Waals surface area contributed by atoms with E-state index in [1.807, 2.05) is 10.9 Å². The van der Waals surface area contributed by atoms with Crippen LogP contribution >= 0.6 is 23.2 Å². The molecule has 1 fully saturated rings. The molecule has 0 bridgehead atoms. The van der Waals surface area contributed by atoms with Crippen molar-refractivity contribution in [2.75, 3.05) is 25.4 Å². The lowest BCUT2D eigenvalue weighted by Crippen LogP contribution is -2.35. The monoisotopic (exact) mass is 578 g/mol. The molecule has 2 aromatic heterocycles. The van der Waals surface area contributed by atoms with Gasteiger partial charge in [0.15, 0.2) is 11.6 Å². The molecule has 0 spiro atoms. The number of nitrogens with zero attached hydrogens (tertiary/aromatic N) is 4. The van der Waals surface area contributed by atoms with Crippen LogP contribution in [0.2, 0.25) is 10.0 Å². The first kappa shape index (κ1) is 29.1. The van der Waals surface area contributed by atoms with E-state index in [4.69, 9.17) is 38.9 Å².